The van der Waals surface area contributed by atoms with E-state index in [-0.39, 0.29) is 23.5 Å². The summed E-state index contributed by atoms with van der Waals surface area (Å²) in [5.41, 5.74) is 1.84. The quantitative estimate of drug-likeness (QED) is 0.846. The fourth-order valence-electron chi connectivity index (χ4n) is 2.69. The van der Waals surface area contributed by atoms with E-state index in [0.29, 0.717) is 19.5 Å². The molecule has 1 unspecified atom stereocenters. The molecule has 0 spiro atoms. The zero-order valence-corrected chi connectivity index (χ0v) is 14.0. The van der Waals surface area contributed by atoms with Gasteiger partial charge < -0.3 is 10.6 Å². The van der Waals surface area contributed by atoms with E-state index < -0.39 is 9.84 Å². The standard InChI is InChI=1S/C16H20N4O3S/c21-16(17-8-13-6-7-24(22,23)12-13)18-9-14-10-19-20(11-14)15-4-2-1-3-5-15/h1-5,10-11,13H,6-9,12H2,(H2,17,18,21). The van der Waals surface area contributed by atoms with E-state index in [1.54, 1.807) is 10.9 Å². The lowest BCUT2D eigenvalue weighted by atomic mass is 10.1. The van der Waals surface area contributed by atoms with Gasteiger partial charge >= 0.3 is 6.03 Å². The summed E-state index contributed by atoms with van der Waals surface area (Å²) in [6, 6.07) is 9.41. The second kappa shape index (κ2) is 7.04. The largest absolute Gasteiger partial charge is 0.338 e. The predicted octanol–water partition coefficient (Wildman–Crippen LogP) is 1.11. The fourth-order valence-corrected chi connectivity index (χ4v) is 4.55. The van der Waals surface area contributed by atoms with E-state index in [2.05, 4.69) is 15.7 Å². The summed E-state index contributed by atoms with van der Waals surface area (Å²) in [7, 11) is -2.90. The van der Waals surface area contributed by atoms with E-state index in [4.69, 9.17) is 0 Å². The number of nitrogens with zero attached hydrogens (tertiary/aromatic N) is 2. The number of rotatable bonds is 5. The highest BCUT2D eigenvalue weighted by Crippen LogP contribution is 2.17. The Morgan fingerprint density at radius 3 is 2.75 bits per heavy atom. The predicted molar refractivity (Wildman–Crippen MR) is 90.6 cm³/mol. The van der Waals surface area contributed by atoms with Gasteiger partial charge in [-0.1, -0.05) is 18.2 Å². The highest BCUT2D eigenvalue weighted by atomic mass is 32.2. The van der Waals surface area contributed by atoms with E-state index in [1.165, 1.54) is 0 Å². The molecule has 1 saturated heterocycles. The SMILES string of the molecule is O=C(NCc1cnn(-c2ccccc2)c1)NCC1CCS(=O)(=O)C1. The normalized spacial score (nSPS) is 19.1. The monoisotopic (exact) mass is 348 g/mol. The Balaban J connectivity index is 1.44. The van der Waals surface area contributed by atoms with Crippen molar-refractivity contribution in [3.05, 3.63) is 48.3 Å². The number of amides is 2. The number of urea groups is 1. The zero-order chi connectivity index (χ0) is 17.0. The number of nitrogens with one attached hydrogen (secondary N) is 2. The minimum atomic E-state index is -2.90. The molecule has 0 saturated carbocycles. The lowest BCUT2D eigenvalue weighted by molar-refractivity contribution is 0.239. The van der Waals surface area contributed by atoms with Crippen LogP contribution in [-0.4, -0.2) is 42.3 Å². The Hall–Kier alpha value is -2.35. The Labute approximate surface area is 141 Å². The molecular formula is C16H20N4O3S. The topological polar surface area (TPSA) is 93.1 Å². The number of hydrogen-bond donors (Lipinski definition) is 2. The van der Waals surface area contributed by atoms with Gasteiger partial charge in [0.1, 0.15) is 0 Å². The number of para-hydroxylation sites is 1. The first kappa shape index (κ1) is 16.5. The first-order valence-corrected chi connectivity index (χ1v) is 9.65. The van der Waals surface area contributed by atoms with Crippen molar-refractivity contribution in [1.82, 2.24) is 20.4 Å². The number of benzene rings is 1. The minimum absolute atomic E-state index is 0.0154. The molecule has 3 rings (SSSR count). The van der Waals surface area contributed by atoms with Gasteiger partial charge in [0, 0.05) is 24.8 Å². The summed E-state index contributed by atoms with van der Waals surface area (Å²) in [6.07, 6.45) is 4.18. The Bertz CT molecular complexity index is 802. The molecule has 2 heterocycles. The molecule has 7 nitrogen and oxygen atoms in total. The summed E-state index contributed by atoms with van der Waals surface area (Å²) in [5, 5.41) is 9.75. The molecule has 2 amide bonds. The van der Waals surface area contributed by atoms with Crippen LogP contribution in [-0.2, 0) is 16.4 Å². The van der Waals surface area contributed by atoms with Gasteiger partial charge in [-0.2, -0.15) is 5.10 Å². The van der Waals surface area contributed by atoms with Crippen LogP contribution in [0.15, 0.2) is 42.7 Å². The summed E-state index contributed by atoms with van der Waals surface area (Å²) in [4.78, 5) is 11.8. The van der Waals surface area contributed by atoms with Crippen molar-refractivity contribution in [2.24, 2.45) is 5.92 Å². The fraction of sp³-hybridized carbons (Fsp3) is 0.375. The van der Waals surface area contributed by atoms with Gasteiger partial charge in [0.15, 0.2) is 9.84 Å². The minimum Gasteiger partial charge on any atom is -0.338 e. The van der Waals surface area contributed by atoms with E-state index >= 15 is 0 Å². The van der Waals surface area contributed by atoms with Crippen LogP contribution in [0.5, 0.6) is 0 Å². The second-order valence-electron chi connectivity index (χ2n) is 5.96. The molecule has 1 fully saturated rings. The lowest BCUT2D eigenvalue weighted by Crippen LogP contribution is -2.38. The summed E-state index contributed by atoms with van der Waals surface area (Å²) >= 11 is 0. The van der Waals surface area contributed by atoms with Gasteiger partial charge in [-0.3, -0.25) is 0 Å². The zero-order valence-electron chi connectivity index (χ0n) is 13.2. The molecule has 0 radical (unpaired) electrons. The molecule has 0 aliphatic carbocycles. The van der Waals surface area contributed by atoms with Gasteiger partial charge in [-0.15, -0.1) is 0 Å². The summed E-state index contributed by atoms with van der Waals surface area (Å²) in [6.45, 7) is 0.746. The molecule has 1 atom stereocenters. The van der Waals surface area contributed by atoms with Gasteiger partial charge in [0.2, 0.25) is 0 Å². The van der Waals surface area contributed by atoms with Crippen LogP contribution in [0.2, 0.25) is 0 Å². The summed E-state index contributed by atoms with van der Waals surface area (Å²) in [5.74, 6) is 0.401. The highest BCUT2D eigenvalue weighted by Gasteiger charge is 2.27. The van der Waals surface area contributed by atoms with Crippen molar-refractivity contribution >= 4 is 15.9 Å². The Morgan fingerprint density at radius 2 is 2.04 bits per heavy atom. The van der Waals surface area contributed by atoms with Gasteiger partial charge in [-0.25, -0.2) is 17.9 Å². The van der Waals surface area contributed by atoms with Crippen molar-refractivity contribution in [1.29, 1.82) is 0 Å². The number of hydrogen-bond acceptors (Lipinski definition) is 4. The van der Waals surface area contributed by atoms with Crippen LogP contribution >= 0.6 is 0 Å². The van der Waals surface area contributed by atoms with Crippen LogP contribution in [0.4, 0.5) is 4.79 Å². The number of aromatic nitrogens is 2. The molecule has 1 aromatic carbocycles. The highest BCUT2D eigenvalue weighted by molar-refractivity contribution is 7.91. The molecule has 1 aliphatic rings. The number of carbonyl (C=O) groups is 1. The maximum atomic E-state index is 11.8. The molecule has 8 heteroatoms. The van der Waals surface area contributed by atoms with Crippen molar-refractivity contribution in [3.8, 4) is 5.69 Å². The summed E-state index contributed by atoms with van der Waals surface area (Å²) < 4.78 is 24.5. The van der Waals surface area contributed by atoms with Crippen molar-refractivity contribution < 1.29 is 13.2 Å². The van der Waals surface area contributed by atoms with Crippen molar-refractivity contribution in [2.75, 3.05) is 18.1 Å². The van der Waals surface area contributed by atoms with E-state index in [9.17, 15) is 13.2 Å². The van der Waals surface area contributed by atoms with E-state index in [0.717, 1.165) is 11.3 Å². The molecule has 24 heavy (non-hydrogen) atoms. The second-order valence-corrected chi connectivity index (χ2v) is 8.19. The van der Waals surface area contributed by atoms with Gasteiger partial charge in [0.25, 0.3) is 0 Å². The Morgan fingerprint density at radius 1 is 1.25 bits per heavy atom. The Kier molecular flexibility index (Phi) is 4.84. The van der Waals surface area contributed by atoms with Crippen LogP contribution in [0, 0.1) is 5.92 Å². The smallest absolute Gasteiger partial charge is 0.315 e. The molecule has 0 bridgehead atoms. The van der Waals surface area contributed by atoms with Gasteiger partial charge in [0.05, 0.1) is 23.4 Å². The maximum Gasteiger partial charge on any atom is 0.315 e. The van der Waals surface area contributed by atoms with Crippen LogP contribution in [0.3, 0.4) is 0 Å². The lowest BCUT2D eigenvalue weighted by Gasteiger charge is -2.10. The third-order valence-corrected chi connectivity index (χ3v) is 5.82. The number of carbonyl (C=O) groups excluding carboxylic acids is 1. The molecule has 128 valence electrons. The molecule has 2 N–H and O–H groups in total. The molecule has 1 aromatic heterocycles. The third kappa shape index (κ3) is 4.35. The third-order valence-electron chi connectivity index (χ3n) is 3.99. The number of sulfone groups is 1. The van der Waals surface area contributed by atoms with Crippen molar-refractivity contribution in [2.45, 2.75) is 13.0 Å². The van der Waals surface area contributed by atoms with Crippen LogP contribution in [0.25, 0.3) is 5.69 Å². The average Bonchev–Trinajstić information content (AvgIpc) is 3.18. The van der Waals surface area contributed by atoms with Crippen LogP contribution in [0.1, 0.15) is 12.0 Å². The first-order chi connectivity index (χ1) is 11.5. The maximum absolute atomic E-state index is 11.8. The molecular weight excluding hydrogens is 328 g/mol. The average molecular weight is 348 g/mol. The first-order valence-electron chi connectivity index (χ1n) is 7.83. The van der Waals surface area contributed by atoms with Crippen molar-refractivity contribution in [3.63, 3.8) is 0 Å². The van der Waals surface area contributed by atoms with Gasteiger partial charge in [-0.05, 0) is 24.5 Å². The molecule has 2 aromatic rings. The molecule has 1 aliphatic heterocycles. The van der Waals surface area contributed by atoms with E-state index in [1.807, 2.05) is 36.5 Å². The van der Waals surface area contributed by atoms with Crippen LogP contribution < -0.4 is 10.6 Å².